The highest BCUT2D eigenvalue weighted by Gasteiger charge is 2.57. The number of nitrogens with one attached hydrogen (secondary N) is 1. The van der Waals surface area contributed by atoms with E-state index in [2.05, 4.69) is 4.72 Å². The van der Waals surface area contributed by atoms with Crippen LogP contribution in [0.2, 0.25) is 0 Å². The van der Waals surface area contributed by atoms with Crippen molar-refractivity contribution in [2.24, 2.45) is 17.8 Å². The van der Waals surface area contributed by atoms with Crippen LogP contribution in [0.15, 0.2) is 0 Å². The van der Waals surface area contributed by atoms with E-state index in [4.69, 9.17) is 5.26 Å². The summed E-state index contributed by atoms with van der Waals surface area (Å²) in [5.74, 6) is 1.81. The highest BCUT2D eigenvalue weighted by Crippen LogP contribution is 2.58. The quantitative estimate of drug-likeness (QED) is 0.848. The Hall–Kier alpha value is -0.600. The third kappa shape index (κ3) is 1.78. The van der Waals surface area contributed by atoms with E-state index in [1.165, 1.54) is 19.3 Å². The average molecular weight is 268 g/mol. The second kappa shape index (κ2) is 3.94. The molecular formula is C13H20N2O2S. The van der Waals surface area contributed by atoms with Crippen molar-refractivity contribution < 1.29 is 8.42 Å². The largest absolute Gasteiger partial charge is 0.218 e. The molecule has 0 spiro atoms. The minimum atomic E-state index is -3.36. The van der Waals surface area contributed by atoms with Gasteiger partial charge in [-0.05, 0) is 63.2 Å². The summed E-state index contributed by atoms with van der Waals surface area (Å²) in [6.45, 7) is 1.61. The van der Waals surface area contributed by atoms with Crippen LogP contribution in [0.4, 0.5) is 0 Å². The number of sulfonamides is 1. The Kier molecular flexibility index (Phi) is 2.73. The third-order valence-corrected chi connectivity index (χ3v) is 7.38. The molecule has 0 aromatic carbocycles. The summed E-state index contributed by atoms with van der Waals surface area (Å²) in [5, 5.41) is 8.80. The van der Waals surface area contributed by atoms with Crippen LogP contribution in [0.1, 0.15) is 45.4 Å². The summed E-state index contributed by atoms with van der Waals surface area (Å²) in [5.41, 5.74) is 0. The van der Waals surface area contributed by atoms with Gasteiger partial charge in [-0.3, -0.25) is 0 Å². The van der Waals surface area contributed by atoms with Crippen LogP contribution in [0.25, 0.3) is 0 Å². The number of nitriles is 1. The first-order valence-electron chi connectivity index (χ1n) is 6.85. The zero-order chi connectivity index (χ0) is 13.0. The minimum absolute atomic E-state index is 0.563. The molecule has 4 aliphatic carbocycles. The predicted molar refractivity (Wildman–Crippen MR) is 68.0 cm³/mol. The van der Waals surface area contributed by atoms with Crippen LogP contribution in [-0.4, -0.2) is 19.2 Å². The SMILES string of the molecule is CC(C#N)NS(=O)(=O)C12CC3CC(CC(C3)C1)C2. The van der Waals surface area contributed by atoms with Crippen molar-refractivity contribution in [3.8, 4) is 6.07 Å². The molecule has 0 aliphatic heterocycles. The lowest BCUT2D eigenvalue weighted by Gasteiger charge is -2.55. The van der Waals surface area contributed by atoms with E-state index in [0.29, 0.717) is 17.8 Å². The average Bonchev–Trinajstić information content (AvgIpc) is 2.26. The maximum absolute atomic E-state index is 12.6. The van der Waals surface area contributed by atoms with Gasteiger partial charge in [-0.25, -0.2) is 8.42 Å². The van der Waals surface area contributed by atoms with Crippen molar-refractivity contribution in [2.75, 3.05) is 0 Å². The van der Waals surface area contributed by atoms with E-state index >= 15 is 0 Å². The number of hydrogen-bond donors (Lipinski definition) is 1. The molecule has 18 heavy (non-hydrogen) atoms. The van der Waals surface area contributed by atoms with Crippen molar-refractivity contribution in [1.82, 2.24) is 4.72 Å². The Labute approximate surface area is 109 Å². The fourth-order valence-corrected chi connectivity index (χ4v) is 6.88. The molecule has 0 aromatic heterocycles. The zero-order valence-corrected chi connectivity index (χ0v) is 11.5. The highest BCUT2D eigenvalue weighted by atomic mass is 32.2. The molecular weight excluding hydrogens is 248 g/mol. The first kappa shape index (κ1) is 12.4. The molecule has 1 atom stereocenters. The maximum atomic E-state index is 12.6. The Balaban J connectivity index is 1.89. The summed E-state index contributed by atoms with van der Waals surface area (Å²) in [7, 11) is -3.36. The maximum Gasteiger partial charge on any atom is 0.218 e. The van der Waals surface area contributed by atoms with E-state index in [-0.39, 0.29) is 0 Å². The smallest absolute Gasteiger partial charge is 0.212 e. The molecule has 0 amide bonds. The van der Waals surface area contributed by atoms with Gasteiger partial charge in [-0.2, -0.15) is 9.98 Å². The van der Waals surface area contributed by atoms with E-state index < -0.39 is 20.8 Å². The Morgan fingerprint density at radius 3 is 2.00 bits per heavy atom. The molecule has 4 bridgehead atoms. The van der Waals surface area contributed by atoms with E-state index in [1.54, 1.807) is 6.92 Å². The normalized spacial score (nSPS) is 43.7. The van der Waals surface area contributed by atoms with Gasteiger partial charge in [0, 0.05) is 0 Å². The number of nitrogens with zero attached hydrogens (tertiary/aromatic N) is 1. The van der Waals surface area contributed by atoms with Gasteiger partial charge >= 0.3 is 0 Å². The van der Waals surface area contributed by atoms with E-state index in [9.17, 15) is 8.42 Å². The Morgan fingerprint density at radius 2 is 1.61 bits per heavy atom. The van der Waals surface area contributed by atoms with Crippen LogP contribution >= 0.6 is 0 Å². The molecule has 100 valence electrons. The summed E-state index contributed by atoms with van der Waals surface area (Å²) in [6.07, 6.45) is 6.11. The van der Waals surface area contributed by atoms with Gasteiger partial charge in [0.25, 0.3) is 0 Å². The van der Waals surface area contributed by atoms with Crippen LogP contribution in [0.5, 0.6) is 0 Å². The van der Waals surface area contributed by atoms with Crippen molar-refractivity contribution in [3.63, 3.8) is 0 Å². The van der Waals surface area contributed by atoms with Crippen molar-refractivity contribution >= 4 is 10.0 Å². The van der Waals surface area contributed by atoms with Gasteiger partial charge in [-0.1, -0.05) is 0 Å². The second-order valence-electron chi connectivity index (χ2n) is 6.57. The Bertz CT molecular complexity index is 456. The minimum Gasteiger partial charge on any atom is -0.212 e. The fourth-order valence-electron chi connectivity index (χ4n) is 4.74. The van der Waals surface area contributed by atoms with Gasteiger partial charge in [0.1, 0.15) is 6.04 Å². The van der Waals surface area contributed by atoms with Gasteiger partial charge < -0.3 is 0 Å². The molecule has 1 N–H and O–H groups in total. The predicted octanol–water partition coefficient (Wildman–Crippen LogP) is 1.79. The summed E-state index contributed by atoms with van der Waals surface area (Å²) in [4.78, 5) is 0. The molecule has 0 heterocycles. The topological polar surface area (TPSA) is 70.0 Å². The zero-order valence-electron chi connectivity index (χ0n) is 10.7. The molecule has 4 rings (SSSR count). The molecule has 5 heteroatoms. The van der Waals surface area contributed by atoms with Crippen LogP contribution in [0, 0.1) is 29.1 Å². The van der Waals surface area contributed by atoms with Gasteiger partial charge in [0.2, 0.25) is 10.0 Å². The second-order valence-corrected chi connectivity index (χ2v) is 8.68. The summed E-state index contributed by atoms with van der Waals surface area (Å²) >= 11 is 0. The molecule has 0 radical (unpaired) electrons. The first-order valence-corrected chi connectivity index (χ1v) is 8.34. The van der Waals surface area contributed by atoms with Crippen LogP contribution < -0.4 is 4.72 Å². The molecule has 0 saturated heterocycles. The van der Waals surface area contributed by atoms with Crippen LogP contribution in [0.3, 0.4) is 0 Å². The standard InChI is InChI=1S/C13H20N2O2S/c1-9(8-14)15-18(16,17)13-5-10-2-11(6-13)4-12(3-10)7-13/h9-12,15H,2-7H2,1H3. The van der Waals surface area contributed by atoms with Crippen molar-refractivity contribution in [3.05, 3.63) is 0 Å². The molecule has 4 fully saturated rings. The van der Waals surface area contributed by atoms with E-state index in [0.717, 1.165) is 19.3 Å². The molecule has 4 nitrogen and oxygen atoms in total. The van der Waals surface area contributed by atoms with Crippen LogP contribution in [-0.2, 0) is 10.0 Å². The lowest BCUT2D eigenvalue weighted by atomic mass is 9.56. The van der Waals surface area contributed by atoms with Crippen molar-refractivity contribution in [2.45, 2.75) is 56.2 Å². The number of hydrogen-bond acceptors (Lipinski definition) is 3. The lowest BCUT2D eigenvalue weighted by molar-refractivity contribution is 0.0333. The lowest BCUT2D eigenvalue weighted by Crippen LogP contribution is -2.58. The van der Waals surface area contributed by atoms with E-state index in [1.807, 2.05) is 6.07 Å². The highest BCUT2D eigenvalue weighted by molar-refractivity contribution is 7.90. The molecule has 4 aliphatic rings. The molecule has 0 aromatic rings. The molecule has 4 saturated carbocycles. The summed E-state index contributed by atoms with van der Waals surface area (Å²) in [6, 6.07) is 1.34. The fraction of sp³-hybridized carbons (Fsp3) is 0.923. The van der Waals surface area contributed by atoms with Gasteiger partial charge in [0.05, 0.1) is 10.8 Å². The monoisotopic (exact) mass is 268 g/mol. The Morgan fingerprint density at radius 1 is 1.17 bits per heavy atom. The van der Waals surface area contributed by atoms with Crippen molar-refractivity contribution in [1.29, 1.82) is 5.26 Å². The van der Waals surface area contributed by atoms with Gasteiger partial charge in [0.15, 0.2) is 0 Å². The first-order chi connectivity index (χ1) is 8.44. The molecule has 1 unspecified atom stereocenters. The van der Waals surface area contributed by atoms with Gasteiger partial charge in [-0.15, -0.1) is 0 Å². The third-order valence-electron chi connectivity index (χ3n) is 5.08. The summed E-state index contributed by atoms with van der Waals surface area (Å²) < 4.78 is 27.2. The number of rotatable bonds is 3.